The lowest BCUT2D eigenvalue weighted by Crippen LogP contribution is -2.33. The molecule has 0 radical (unpaired) electrons. The maximum Gasteiger partial charge on any atom is 0.242 e. The molecule has 0 aromatic heterocycles. The second-order valence-corrected chi connectivity index (χ2v) is 8.77. The largest absolute Gasteiger partial charge is 0.326 e. The quantitative estimate of drug-likeness (QED) is 0.609. The van der Waals surface area contributed by atoms with E-state index >= 15 is 0 Å². The number of anilines is 1. The van der Waals surface area contributed by atoms with Gasteiger partial charge in [-0.2, -0.15) is 0 Å². The summed E-state index contributed by atoms with van der Waals surface area (Å²) in [6, 6.07) is 11.4. The third kappa shape index (κ3) is 4.94. The number of rotatable bonds is 6. The van der Waals surface area contributed by atoms with Crippen LogP contribution in [0.3, 0.4) is 0 Å². The molecule has 1 aliphatic rings. The van der Waals surface area contributed by atoms with Crippen LogP contribution in [-0.4, -0.2) is 33.7 Å². The normalized spacial score (nSPS) is 17.5. The van der Waals surface area contributed by atoms with Gasteiger partial charge in [0.05, 0.1) is 5.69 Å². The molecule has 7 heteroatoms. The van der Waals surface area contributed by atoms with Crippen LogP contribution in [0, 0.1) is 20.8 Å². The Morgan fingerprint density at radius 1 is 1.30 bits per heavy atom. The molecule has 2 aromatic carbocycles. The summed E-state index contributed by atoms with van der Waals surface area (Å²) in [5.41, 5.74) is 4.38. The van der Waals surface area contributed by atoms with Crippen LogP contribution in [0.2, 0.25) is 5.02 Å². The average Bonchev–Trinajstić information content (AvgIpc) is 2.97. The summed E-state index contributed by atoms with van der Waals surface area (Å²) in [5, 5.41) is 3.50. The number of halogens is 1. The molecule has 30 heavy (non-hydrogen) atoms. The van der Waals surface area contributed by atoms with Crippen molar-refractivity contribution in [1.29, 1.82) is 0 Å². The Bertz CT molecular complexity index is 1040. The molecule has 0 aliphatic carbocycles. The van der Waals surface area contributed by atoms with Crippen LogP contribution in [0.5, 0.6) is 0 Å². The number of aryl methyl sites for hydroxylation is 2. The van der Waals surface area contributed by atoms with Gasteiger partial charge in [0.2, 0.25) is 11.8 Å². The van der Waals surface area contributed by atoms with Gasteiger partial charge in [0, 0.05) is 23.7 Å². The summed E-state index contributed by atoms with van der Waals surface area (Å²) in [6.07, 6.45) is 1.71. The molecule has 1 fully saturated rings. The first-order valence-corrected chi connectivity index (χ1v) is 10.9. The molecular formula is C23H24ClN3O2S. The first-order valence-electron chi connectivity index (χ1n) is 9.60. The van der Waals surface area contributed by atoms with E-state index in [4.69, 9.17) is 16.6 Å². The number of hydrogen-bond donors (Lipinski definition) is 1. The number of amidine groups is 1. The number of carbonyl (C=O) groups is 2. The Labute approximate surface area is 186 Å². The van der Waals surface area contributed by atoms with Crippen LogP contribution >= 0.6 is 23.4 Å². The van der Waals surface area contributed by atoms with Gasteiger partial charge in [0.15, 0.2) is 5.17 Å². The number of hydrogen-bond acceptors (Lipinski definition) is 4. The molecule has 0 unspecified atom stereocenters. The molecule has 1 heterocycles. The van der Waals surface area contributed by atoms with Crippen LogP contribution in [-0.2, 0) is 9.59 Å². The highest BCUT2D eigenvalue weighted by molar-refractivity contribution is 8.15. The number of thioether (sulfide) groups is 1. The number of nitrogens with one attached hydrogen (secondary N) is 1. The number of aliphatic imine (C=N–C) groups is 1. The highest BCUT2D eigenvalue weighted by Gasteiger charge is 2.38. The van der Waals surface area contributed by atoms with Crippen LogP contribution in [0.1, 0.15) is 23.1 Å². The first kappa shape index (κ1) is 22.1. The summed E-state index contributed by atoms with van der Waals surface area (Å²) in [5.74, 6) is -0.375. The van der Waals surface area contributed by atoms with Crippen LogP contribution < -0.4 is 5.32 Å². The molecule has 5 nitrogen and oxygen atoms in total. The Balaban J connectivity index is 1.79. The van der Waals surface area contributed by atoms with E-state index in [0.29, 0.717) is 22.4 Å². The molecule has 3 rings (SSSR count). The van der Waals surface area contributed by atoms with Crippen LogP contribution in [0.25, 0.3) is 0 Å². The summed E-state index contributed by atoms with van der Waals surface area (Å²) in [6.45, 7) is 9.92. The van der Waals surface area contributed by atoms with Crippen molar-refractivity contribution in [2.24, 2.45) is 4.99 Å². The molecule has 1 N–H and O–H groups in total. The van der Waals surface area contributed by atoms with Gasteiger partial charge in [-0.25, -0.2) is 4.99 Å². The molecule has 1 atom stereocenters. The molecule has 1 aliphatic heterocycles. The first-order chi connectivity index (χ1) is 14.3. The average molecular weight is 442 g/mol. The van der Waals surface area contributed by atoms with E-state index in [-0.39, 0.29) is 18.2 Å². The lowest BCUT2D eigenvalue weighted by molar-refractivity contribution is -0.127. The van der Waals surface area contributed by atoms with Crippen molar-refractivity contribution < 1.29 is 9.59 Å². The molecule has 2 amide bonds. The van der Waals surface area contributed by atoms with Gasteiger partial charge in [-0.15, -0.1) is 6.58 Å². The van der Waals surface area contributed by atoms with E-state index in [0.717, 1.165) is 22.4 Å². The fraction of sp³-hybridized carbons (Fsp3) is 0.261. The maximum absolute atomic E-state index is 12.9. The van der Waals surface area contributed by atoms with Crippen molar-refractivity contribution >= 4 is 51.7 Å². The second kappa shape index (κ2) is 9.49. The fourth-order valence-corrected chi connectivity index (χ4v) is 4.41. The SMILES string of the molecule is C=CCN1C(=O)[C@H](CC(=O)Nc2cccc(Cl)c2C)SC1=Nc1cc(C)ccc1C. The Hall–Kier alpha value is -2.57. The van der Waals surface area contributed by atoms with Crippen molar-refractivity contribution in [1.82, 2.24) is 4.90 Å². The van der Waals surface area contributed by atoms with E-state index in [1.165, 1.54) is 11.8 Å². The van der Waals surface area contributed by atoms with Crippen molar-refractivity contribution in [3.05, 3.63) is 70.8 Å². The van der Waals surface area contributed by atoms with Crippen LogP contribution in [0.4, 0.5) is 11.4 Å². The molecule has 0 bridgehead atoms. The Kier molecular flexibility index (Phi) is 7.00. The van der Waals surface area contributed by atoms with Gasteiger partial charge in [-0.05, 0) is 55.7 Å². The lowest BCUT2D eigenvalue weighted by Gasteiger charge is -2.14. The van der Waals surface area contributed by atoms with E-state index in [9.17, 15) is 9.59 Å². The Morgan fingerprint density at radius 3 is 2.80 bits per heavy atom. The number of carbonyl (C=O) groups excluding carboxylic acids is 2. The fourth-order valence-electron chi connectivity index (χ4n) is 3.08. The van der Waals surface area contributed by atoms with E-state index < -0.39 is 5.25 Å². The predicted molar refractivity (Wildman–Crippen MR) is 126 cm³/mol. The minimum atomic E-state index is -0.534. The number of nitrogens with zero attached hydrogens (tertiary/aromatic N) is 2. The van der Waals surface area contributed by atoms with Gasteiger partial charge in [0.1, 0.15) is 5.25 Å². The highest BCUT2D eigenvalue weighted by Crippen LogP contribution is 2.33. The lowest BCUT2D eigenvalue weighted by atomic mass is 10.1. The zero-order valence-electron chi connectivity index (χ0n) is 17.2. The smallest absolute Gasteiger partial charge is 0.242 e. The van der Waals surface area contributed by atoms with Gasteiger partial charge in [-0.1, -0.05) is 47.6 Å². The summed E-state index contributed by atoms with van der Waals surface area (Å²) < 4.78 is 0. The van der Waals surface area contributed by atoms with Gasteiger partial charge in [0.25, 0.3) is 0 Å². The topological polar surface area (TPSA) is 61.8 Å². The zero-order chi connectivity index (χ0) is 21.8. The number of benzene rings is 2. The van der Waals surface area contributed by atoms with Gasteiger partial charge < -0.3 is 5.32 Å². The Morgan fingerprint density at radius 2 is 2.07 bits per heavy atom. The highest BCUT2D eigenvalue weighted by atomic mass is 35.5. The zero-order valence-corrected chi connectivity index (χ0v) is 18.8. The summed E-state index contributed by atoms with van der Waals surface area (Å²) in [4.78, 5) is 31.8. The maximum atomic E-state index is 12.9. The summed E-state index contributed by atoms with van der Waals surface area (Å²) >= 11 is 7.44. The van der Waals surface area contributed by atoms with E-state index in [2.05, 4.69) is 11.9 Å². The third-order valence-corrected chi connectivity index (χ3v) is 6.41. The third-order valence-electron chi connectivity index (χ3n) is 4.83. The molecule has 0 spiro atoms. The standard InChI is InChI=1S/C23H24ClN3O2S/c1-5-11-27-22(29)20(13-21(28)25-18-8-6-7-17(24)16(18)4)30-23(27)26-19-12-14(2)9-10-15(19)3/h5-10,12,20H,1,11,13H2,2-4H3,(H,25,28)/t20-/m0/s1. The summed E-state index contributed by atoms with van der Waals surface area (Å²) in [7, 11) is 0. The van der Waals surface area contributed by atoms with Crippen molar-refractivity contribution in [2.75, 3.05) is 11.9 Å². The van der Waals surface area contributed by atoms with Gasteiger partial charge >= 0.3 is 0 Å². The van der Waals surface area contributed by atoms with Crippen molar-refractivity contribution in [3.63, 3.8) is 0 Å². The molecule has 156 valence electrons. The van der Waals surface area contributed by atoms with E-state index in [1.54, 1.807) is 29.2 Å². The van der Waals surface area contributed by atoms with Crippen molar-refractivity contribution in [2.45, 2.75) is 32.4 Å². The van der Waals surface area contributed by atoms with Crippen LogP contribution in [0.15, 0.2) is 54.0 Å². The monoisotopic (exact) mass is 441 g/mol. The molecule has 0 saturated carbocycles. The molecule has 1 saturated heterocycles. The minimum Gasteiger partial charge on any atom is -0.326 e. The molecule has 2 aromatic rings. The molecular weight excluding hydrogens is 418 g/mol. The second-order valence-electron chi connectivity index (χ2n) is 7.19. The minimum absolute atomic E-state index is 0.0505. The number of amides is 2. The van der Waals surface area contributed by atoms with Crippen molar-refractivity contribution in [3.8, 4) is 0 Å². The van der Waals surface area contributed by atoms with E-state index in [1.807, 2.05) is 39.0 Å². The van der Waals surface area contributed by atoms with Gasteiger partial charge in [-0.3, -0.25) is 14.5 Å². The predicted octanol–water partition coefficient (Wildman–Crippen LogP) is 5.41.